The summed E-state index contributed by atoms with van der Waals surface area (Å²) in [5.74, 6) is 0.983. The maximum atomic E-state index is 2.79. The Morgan fingerprint density at radius 1 is 1.05 bits per heavy atom. The van der Waals surface area contributed by atoms with Crippen LogP contribution in [0, 0.1) is 5.92 Å². The summed E-state index contributed by atoms with van der Waals surface area (Å²) in [5, 5.41) is 0. The molecule has 0 radical (unpaired) electrons. The summed E-state index contributed by atoms with van der Waals surface area (Å²) in [6.07, 6.45) is 8.80. The third kappa shape index (κ3) is 3.15. The number of hydrogen-bond acceptors (Lipinski definition) is 1. The van der Waals surface area contributed by atoms with Gasteiger partial charge < -0.3 is 0 Å². The van der Waals surface area contributed by atoms with E-state index in [1.807, 2.05) is 0 Å². The molecular weight excluding hydrogens is 345 g/mol. The number of alkyl halides is 1. The maximum Gasteiger partial charge on any atom is 0.0240 e. The maximum absolute atomic E-state index is 2.79. The van der Waals surface area contributed by atoms with Crippen LogP contribution in [0.15, 0.2) is 30.3 Å². The molecule has 0 spiro atoms. The lowest BCUT2D eigenvalue weighted by Gasteiger charge is -2.52. The van der Waals surface area contributed by atoms with E-state index in [9.17, 15) is 0 Å². The molecule has 0 aromatic heterocycles. The van der Waals surface area contributed by atoms with Crippen LogP contribution in [0.25, 0.3) is 0 Å². The highest BCUT2D eigenvalue weighted by molar-refractivity contribution is 14.1. The molecule has 1 heterocycles. The van der Waals surface area contributed by atoms with Crippen LogP contribution in [0.2, 0.25) is 0 Å². The van der Waals surface area contributed by atoms with Crippen molar-refractivity contribution in [1.29, 1.82) is 0 Å². The zero-order chi connectivity index (χ0) is 13.1. The van der Waals surface area contributed by atoms with Gasteiger partial charge in [-0.1, -0.05) is 72.2 Å². The van der Waals surface area contributed by atoms with Crippen LogP contribution < -0.4 is 0 Å². The molecule has 1 saturated carbocycles. The van der Waals surface area contributed by atoms with Gasteiger partial charge in [-0.25, -0.2) is 0 Å². The largest absolute Gasteiger partial charge is 0.292 e. The van der Waals surface area contributed by atoms with Crippen LogP contribution in [-0.4, -0.2) is 21.4 Å². The van der Waals surface area contributed by atoms with E-state index in [-0.39, 0.29) is 0 Å². The monoisotopic (exact) mass is 369 g/mol. The van der Waals surface area contributed by atoms with Crippen molar-refractivity contribution in [3.63, 3.8) is 0 Å². The van der Waals surface area contributed by atoms with E-state index in [1.54, 1.807) is 0 Å². The first-order valence-electron chi connectivity index (χ1n) is 7.74. The third-order valence-corrected chi connectivity index (χ3v) is 6.01. The molecule has 0 amide bonds. The number of halogens is 1. The summed E-state index contributed by atoms with van der Waals surface area (Å²) in [5.41, 5.74) is 1.48. The summed E-state index contributed by atoms with van der Waals surface area (Å²) in [6, 6.07) is 12.7. The summed E-state index contributed by atoms with van der Waals surface area (Å²) < 4.78 is 1.29. The molecule has 1 aromatic rings. The van der Waals surface area contributed by atoms with E-state index < -0.39 is 0 Å². The molecule has 0 N–H and O–H groups in total. The predicted molar refractivity (Wildman–Crippen MR) is 89.6 cm³/mol. The second-order valence-corrected chi connectivity index (χ2v) is 7.05. The van der Waals surface area contributed by atoms with Crippen molar-refractivity contribution >= 4 is 22.6 Å². The Balaban J connectivity index is 1.65. The first kappa shape index (κ1) is 13.9. The molecule has 3 rings (SSSR count). The molecule has 19 heavy (non-hydrogen) atoms. The Labute approximate surface area is 130 Å². The topological polar surface area (TPSA) is 3.24 Å². The summed E-state index contributed by atoms with van der Waals surface area (Å²) >= 11 is 2.56. The van der Waals surface area contributed by atoms with E-state index in [0.717, 1.165) is 24.5 Å². The SMILES string of the molecule is IC[C@@H]1C[C@H](C2CCCCC2)N1Cc1ccccc1. The fourth-order valence-corrected chi connectivity index (χ4v) is 4.72. The van der Waals surface area contributed by atoms with Crippen molar-refractivity contribution < 1.29 is 0 Å². The molecule has 2 heteroatoms. The van der Waals surface area contributed by atoms with Crippen molar-refractivity contribution in [3.8, 4) is 0 Å². The molecule has 104 valence electrons. The van der Waals surface area contributed by atoms with E-state index >= 15 is 0 Å². The highest BCUT2D eigenvalue weighted by Crippen LogP contribution is 2.39. The normalized spacial score (nSPS) is 29.1. The van der Waals surface area contributed by atoms with Gasteiger partial charge in [0.15, 0.2) is 0 Å². The van der Waals surface area contributed by atoms with Gasteiger partial charge >= 0.3 is 0 Å². The molecule has 1 aliphatic heterocycles. The molecular formula is C17H24IN. The quantitative estimate of drug-likeness (QED) is 0.552. The van der Waals surface area contributed by atoms with Gasteiger partial charge in [-0.2, -0.15) is 0 Å². The van der Waals surface area contributed by atoms with Gasteiger partial charge in [-0.05, 0) is 30.7 Å². The number of nitrogens with zero attached hydrogens (tertiary/aromatic N) is 1. The highest BCUT2D eigenvalue weighted by atomic mass is 127. The van der Waals surface area contributed by atoms with Gasteiger partial charge in [-0.15, -0.1) is 0 Å². The van der Waals surface area contributed by atoms with E-state index in [0.29, 0.717) is 0 Å². The van der Waals surface area contributed by atoms with Crippen LogP contribution in [-0.2, 0) is 6.54 Å². The second-order valence-electron chi connectivity index (χ2n) is 6.17. The van der Waals surface area contributed by atoms with Crippen LogP contribution >= 0.6 is 22.6 Å². The lowest BCUT2D eigenvalue weighted by molar-refractivity contribution is -0.0241. The Morgan fingerprint density at radius 2 is 1.79 bits per heavy atom. The standard InChI is InChI=1S/C17H24IN/c18-12-16-11-17(15-9-5-2-6-10-15)19(16)13-14-7-3-1-4-8-14/h1,3-4,7-8,15-17H,2,5-6,9-13H2/t16-,17+/m0/s1. The number of hydrogen-bond donors (Lipinski definition) is 0. The first-order chi connectivity index (χ1) is 9.38. The molecule has 1 saturated heterocycles. The minimum atomic E-state index is 0.827. The first-order valence-corrected chi connectivity index (χ1v) is 9.26. The molecule has 2 fully saturated rings. The average Bonchev–Trinajstić information content (AvgIpc) is 2.46. The molecule has 0 unspecified atom stereocenters. The fraction of sp³-hybridized carbons (Fsp3) is 0.647. The van der Waals surface area contributed by atoms with Crippen LogP contribution in [0.4, 0.5) is 0 Å². The van der Waals surface area contributed by atoms with Crippen LogP contribution in [0.1, 0.15) is 44.1 Å². The third-order valence-electron chi connectivity index (χ3n) is 4.99. The molecule has 1 aliphatic carbocycles. The van der Waals surface area contributed by atoms with Gasteiger partial charge in [0.05, 0.1) is 0 Å². The Hall–Kier alpha value is -0.0900. The highest BCUT2D eigenvalue weighted by Gasteiger charge is 2.41. The van der Waals surface area contributed by atoms with Gasteiger partial charge in [0.2, 0.25) is 0 Å². The van der Waals surface area contributed by atoms with Crippen LogP contribution in [0.5, 0.6) is 0 Å². The zero-order valence-electron chi connectivity index (χ0n) is 11.6. The van der Waals surface area contributed by atoms with Crippen LogP contribution in [0.3, 0.4) is 0 Å². The molecule has 1 aromatic carbocycles. The lowest BCUT2D eigenvalue weighted by atomic mass is 9.76. The zero-order valence-corrected chi connectivity index (χ0v) is 13.8. The summed E-state index contributed by atoms with van der Waals surface area (Å²) in [7, 11) is 0. The second kappa shape index (κ2) is 6.57. The Bertz CT molecular complexity index is 386. The van der Waals surface area contributed by atoms with Crippen molar-refractivity contribution in [2.75, 3.05) is 4.43 Å². The fourth-order valence-electron chi connectivity index (χ4n) is 3.86. The van der Waals surface area contributed by atoms with Crippen molar-refractivity contribution in [2.45, 2.75) is 57.2 Å². The van der Waals surface area contributed by atoms with E-state index in [1.165, 1.54) is 48.5 Å². The Morgan fingerprint density at radius 3 is 2.47 bits per heavy atom. The predicted octanol–water partition coefficient (Wildman–Crippen LogP) is 4.64. The number of benzene rings is 1. The number of rotatable bonds is 4. The number of likely N-dealkylation sites (tertiary alicyclic amines) is 1. The van der Waals surface area contributed by atoms with Gasteiger partial charge in [0.25, 0.3) is 0 Å². The van der Waals surface area contributed by atoms with Crippen molar-refractivity contribution in [2.24, 2.45) is 5.92 Å². The smallest absolute Gasteiger partial charge is 0.0240 e. The minimum Gasteiger partial charge on any atom is -0.292 e. The summed E-state index contributed by atoms with van der Waals surface area (Å²) in [6.45, 7) is 1.16. The van der Waals surface area contributed by atoms with Gasteiger partial charge in [0, 0.05) is 23.1 Å². The Kier molecular flexibility index (Phi) is 4.80. The molecule has 2 aliphatic rings. The summed E-state index contributed by atoms with van der Waals surface area (Å²) in [4.78, 5) is 2.79. The molecule has 2 atom stereocenters. The van der Waals surface area contributed by atoms with Crippen molar-refractivity contribution in [3.05, 3.63) is 35.9 Å². The van der Waals surface area contributed by atoms with E-state index in [4.69, 9.17) is 0 Å². The lowest BCUT2D eigenvalue weighted by Crippen LogP contribution is -2.59. The molecule has 0 bridgehead atoms. The van der Waals surface area contributed by atoms with E-state index in [2.05, 4.69) is 57.8 Å². The molecule has 1 nitrogen and oxygen atoms in total. The van der Waals surface area contributed by atoms with Gasteiger partial charge in [-0.3, -0.25) is 4.90 Å². The van der Waals surface area contributed by atoms with Crippen molar-refractivity contribution in [1.82, 2.24) is 4.90 Å². The minimum absolute atomic E-state index is 0.827. The van der Waals surface area contributed by atoms with Gasteiger partial charge in [0.1, 0.15) is 0 Å². The average molecular weight is 369 g/mol.